The highest BCUT2D eigenvalue weighted by atomic mass is 16.3. The molecule has 1 aromatic rings. The van der Waals surface area contributed by atoms with Crippen LogP contribution in [-0.4, -0.2) is 11.0 Å². The maximum absolute atomic E-state index is 11.1. The van der Waals surface area contributed by atoms with E-state index in [1.165, 1.54) is 18.2 Å². The lowest BCUT2D eigenvalue weighted by Gasteiger charge is -2.06. The molecular weight excluding hydrogens is 194 g/mol. The summed E-state index contributed by atoms with van der Waals surface area (Å²) in [6, 6.07) is 7.80. The number of benzene rings is 1. The van der Waals surface area contributed by atoms with Crippen LogP contribution in [0.2, 0.25) is 0 Å². The van der Waals surface area contributed by atoms with Crippen LogP contribution in [0.25, 0.3) is 0 Å². The van der Waals surface area contributed by atoms with E-state index in [1.54, 1.807) is 6.07 Å². The second-order valence-electron chi connectivity index (χ2n) is 2.69. The number of carbonyl (C=O) groups is 1. The maximum atomic E-state index is 11.1. The van der Waals surface area contributed by atoms with E-state index in [4.69, 9.17) is 10.5 Å². The summed E-state index contributed by atoms with van der Waals surface area (Å²) in [4.78, 5) is 11.1. The second kappa shape index (κ2) is 4.64. The Labute approximate surface area is 86.2 Å². The van der Waals surface area contributed by atoms with Gasteiger partial charge in [-0.2, -0.15) is 10.5 Å². The van der Waals surface area contributed by atoms with Crippen LogP contribution in [0.15, 0.2) is 18.2 Å². The van der Waals surface area contributed by atoms with Crippen molar-refractivity contribution in [1.82, 2.24) is 0 Å². The Kier molecular flexibility index (Phi) is 3.26. The molecule has 5 heteroatoms. The fourth-order valence-electron chi connectivity index (χ4n) is 1.02. The lowest BCUT2D eigenvalue weighted by atomic mass is 10.1. The monoisotopic (exact) mass is 201 g/mol. The number of nitrogens with zero attached hydrogens (tertiary/aromatic N) is 2. The first-order chi connectivity index (χ1) is 7.19. The first-order valence-electron chi connectivity index (χ1n) is 4.08. The van der Waals surface area contributed by atoms with Gasteiger partial charge >= 0.3 is 0 Å². The minimum atomic E-state index is -0.560. The van der Waals surface area contributed by atoms with E-state index >= 15 is 0 Å². The number of aromatic hydroxyl groups is 1. The first kappa shape index (κ1) is 10.6. The van der Waals surface area contributed by atoms with Crippen LogP contribution in [-0.2, 0) is 4.79 Å². The average molecular weight is 201 g/mol. The van der Waals surface area contributed by atoms with Crippen LogP contribution in [0.4, 0.5) is 5.69 Å². The lowest BCUT2D eigenvalue weighted by molar-refractivity contribution is -0.115. The topological polar surface area (TPSA) is 96.9 Å². The van der Waals surface area contributed by atoms with Gasteiger partial charge in [0.25, 0.3) is 0 Å². The van der Waals surface area contributed by atoms with Crippen LogP contribution < -0.4 is 5.32 Å². The van der Waals surface area contributed by atoms with Crippen LogP contribution >= 0.6 is 0 Å². The highest BCUT2D eigenvalue weighted by molar-refractivity contribution is 5.94. The number of rotatable bonds is 2. The Hall–Kier alpha value is -2.53. The third-order valence-corrected chi connectivity index (χ3v) is 1.67. The van der Waals surface area contributed by atoms with E-state index in [2.05, 4.69) is 5.32 Å². The molecule has 1 rings (SSSR count). The van der Waals surface area contributed by atoms with Gasteiger partial charge in [-0.15, -0.1) is 0 Å². The fraction of sp³-hybridized carbons (Fsp3) is 0.100. The van der Waals surface area contributed by atoms with Gasteiger partial charge in [-0.3, -0.25) is 4.79 Å². The molecule has 15 heavy (non-hydrogen) atoms. The number of para-hydroxylation sites is 1. The molecule has 0 aliphatic heterocycles. The van der Waals surface area contributed by atoms with Crippen LogP contribution in [0, 0.1) is 22.7 Å². The van der Waals surface area contributed by atoms with Crippen molar-refractivity contribution in [3.8, 4) is 17.9 Å². The van der Waals surface area contributed by atoms with E-state index in [0.29, 0.717) is 0 Å². The third kappa shape index (κ3) is 2.45. The summed E-state index contributed by atoms with van der Waals surface area (Å²) in [7, 11) is 0. The maximum Gasteiger partial charge on any atom is 0.238 e. The Bertz CT molecular complexity index is 469. The summed E-state index contributed by atoms with van der Waals surface area (Å²) in [5.74, 6) is -0.754. The van der Waals surface area contributed by atoms with Crippen LogP contribution in [0.5, 0.6) is 5.75 Å². The highest BCUT2D eigenvalue weighted by Gasteiger charge is 2.10. The Morgan fingerprint density at radius 3 is 2.80 bits per heavy atom. The van der Waals surface area contributed by atoms with E-state index in [0.717, 1.165) is 0 Å². The molecule has 1 amide bonds. The quantitative estimate of drug-likeness (QED) is 0.700. The zero-order valence-electron chi connectivity index (χ0n) is 7.69. The standard InChI is InChI=1S/C10H7N3O2/c11-5-4-9(15)13-10-7(6-12)2-1-3-8(10)14/h1-3,14H,4H2,(H,13,15). The summed E-state index contributed by atoms with van der Waals surface area (Å²) < 4.78 is 0. The molecule has 0 saturated heterocycles. The largest absolute Gasteiger partial charge is 0.506 e. The van der Waals surface area contributed by atoms with Gasteiger partial charge < -0.3 is 10.4 Å². The molecule has 0 aliphatic carbocycles. The molecule has 74 valence electrons. The molecule has 1 aromatic carbocycles. The minimum Gasteiger partial charge on any atom is -0.506 e. The Balaban J connectivity index is 3.00. The van der Waals surface area contributed by atoms with Crippen molar-refractivity contribution in [3.63, 3.8) is 0 Å². The summed E-state index contributed by atoms with van der Waals surface area (Å²) in [5, 5.41) is 28.7. The zero-order chi connectivity index (χ0) is 11.3. The molecule has 2 N–H and O–H groups in total. The summed E-state index contributed by atoms with van der Waals surface area (Å²) >= 11 is 0. The number of anilines is 1. The number of hydrogen-bond acceptors (Lipinski definition) is 4. The SMILES string of the molecule is N#CCC(=O)Nc1c(O)cccc1C#N. The summed E-state index contributed by atoms with van der Waals surface area (Å²) in [6.07, 6.45) is -0.320. The van der Waals surface area contributed by atoms with Gasteiger partial charge in [0.15, 0.2) is 0 Å². The molecule has 0 unspecified atom stereocenters. The van der Waals surface area contributed by atoms with Gasteiger partial charge in [0.05, 0.1) is 11.6 Å². The number of nitrogens with one attached hydrogen (secondary N) is 1. The smallest absolute Gasteiger partial charge is 0.238 e. The predicted molar refractivity (Wildman–Crippen MR) is 51.7 cm³/mol. The van der Waals surface area contributed by atoms with Crippen molar-refractivity contribution in [1.29, 1.82) is 10.5 Å². The fourth-order valence-corrected chi connectivity index (χ4v) is 1.02. The Morgan fingerprint density at radius 2 is 2.20 bits per heavy atom. The first-order valence-corrected chi connectivity index (χ1v) is 4.08. The van der Waals surface area contributed by atoms with Gasteiger partial charge in [-0.25, -0.2) is 0 Å². The average Bonchev–Trinajstić information content (AvgIpc) is 2.21. The van der Waals surface area contributed by atoms with Crippen LogP contribution in [0.1, 0.15) is 12.0 Å². The zero-order valence-corrected chi connectivity index (χ0v) is 7.69. The molecule has 0 radical (unpaired) electrons. The predicted octanol–water partition coefficient (Wildman–Crippen LogP) is 1.12. The number of nitriles is 2. The molecule has 0 spiro atoms. The van der Waals surface area contributed by atoms with Crippen molar-refractivity contribution in [2.45, 2.75) is 6.42 Å². The van der Waals surface area contributed by atoms with Crippen LogP contribution in [0.3, 0.4) is 0 Å². The number of amides is 1. The molecule has 0 saturated carbocycles. The molecule has 0 bridgehead atoms. The molecule has 0 atom stereocenters. The molecular formula is C10H7N3O2. The normalized spacial score (nSPS) is 8.67. The number of hydrogen-bond donors (Lipinski definition) is 2. The van der Waals surface area contributed by atoms with Crippen molar-refractivity contribution < 1.29 is 9.90 Å². The van der Waals surface area contributed by atoms with Gasteiger partial charge in [-0.05, 0) is 12.1 Å². The van der Waals surface area contributed by atoms with E-state index < -0.39 is 5.91 Å². The van der Waals surface area contributed by atoms with Gasteiger partial charge in [-0.1, -0.05) is 6.07 Å². The van der Waals surface area contributed by atoms with Crippen molar-refractivity contribution in [2.24, 2.45) is 0 Å². The number of carbonyl (C=O) groups excluding carboxylic acids is 1. The lowest BCUT2D eigenvalue weighted by Crippen LogP contribution is -2.11. The van der Waals surface area contributed by atoms with Gasteiger partial charge in [0.1, 0.15) is 23.9 Å². The molecule has 0 fully saturated rings. The van der Waals surface area contributed by atoms with E-state index in [1.807, 2.05) is 6.07 Å². The second-order valence-corrected chi connectivity index (χ2v) is 2.69. The number of phenols is 1. The summed E-state index contributed by atoms with van der Waals surface area (Å²) in [6.45, 7) is 0. The molecule has 5 nitrogen and oxygen atoms in total. The third-order valence-electron chi connectivity index (χ3n) is 1.67. The Morgan fingerprint density at radius 1 is 1.47 bits per heavy atom. The number of phenolic OH excluding ortho intramolecular Hbond substituents is 1. The van der Waals surface area contributed by atoms with E-state index in [9.17, 15) is 9.90 Å². The molecule has 0 aromatic heterocycles. The van der Waals surface area contributed by atoms with Crippen molar-refractivity contribution >= 4 is 11.6 Å². The minimum absolute atomic E-state index is 0.0419. The van der Waals surface area contributed by atoms with E-state index in [-0.39, 0.29) is 23.4 Å². The summed E-state index contributed by atoms with van der Waals surface area (Å²) in [5.41, 5.74) is 0.196. The highest BCUT2D eigenvalue weighted by Crippen LogP contribution is 2.26. The molecule has 0 heterocycles. The van der Waals surface area contributed by atoms with Crippen molar-refractivity contribution in [3.05, 3.63) is 23.8 Å². The van der Waals surface area contributed by atoms with Gasteiger partial charge in [0.2, 0.25) is 5.91 Å². The van der Waals surface area contributed by atoms with Crippen molar-refractivity contribution in [2.75, 3.05) is 5.32 Å². The van der Waals surface area contributed by atoms with Gasteiger partial charge in [0, 0.05) is 0 Å². The molecule has 0 aliphatic rings.